The van der Waals surface area contributed by atoms with Crippen molar-refractivity contribution in [2.45, 2.75) is 12.2 Å². The van der Waals surface area contributed by atoms with Crippen LogP contribution in [0.15, 0.2) is 36.4 Å². The van der Waals surface area contributed by atoms with Crippen LogP contribution >= 0.6 is 11.6 Å². The van der Waals surface area contributed by atoms with Gasteiger partial charge in [0.05, 0.1) is 17.2 Å². The first-order chi connectivity index (χ1) is 11.9. The van der Waals surface area contributed by atoms with Gasteiger partial charge in [0.15, 0.2) is 0 Å². The monoisotopic (exact) mass is 366 g/mol. The van der Waals surface area contributed by atoms with Crippen LogP contribution < -0.4 is 5.32 Å². The zero-order valence-electron chi connectivity index (χ0n) is 13.0. The molecule has 1 N–H and O–H groups in total. The maximum absolute atomic E-state index is 13.7. The molecule has 130 valence electrons. The quantitative estimate of drug-likeness (QED) is 0.823. The fourth-order valence-electron chi connectivity index (χ4n) is 3.61. The van der Waals surface area contributed by atoms with Gasteiger partial charge in [0.2, 0.25) is 0 Å². The van der Waals surface area contributed by atoms with Crippen LogP contribution in [0.2, 0.25) is 5.02 Å². The number of nitrogens with zero attached hydrogens (tertiary/aromatic N) is 1. The van der Waals surface area contributed by atoms with Crippen LogP contribution in [-0.2, 0) is 6.18 Å². The molecule has 2 aliphatic heterocycles. The number of benzene rings is 2. The number of halogens is 4. The average molecular weight is 367 g/mol. The number of carbonyl (C=O) groups is 1. The minimum Gasteiger partial charge on any atom is -0.329 e. The van der Waals surface area contributed by atoms with Crippen LogP contribution in [0.5, 0.6) is 0 Å². The van der Waals surface area contributed by atoms with E-state index in [1.165, 1.54) is 4.90 Å². The Hall–Kier alpha value is -2.05. The van der Waals surface area contributed by atoms with Gasteiger partial charge in [-0.2, -0.15) is 13.2 Å². The zero-order valence-corrected chi connectivity index (χ0v) is 13.8. The lowest BCUT2D eigenvalue weighted by atomic mass is 9.92. The predicted molar refractivity (Wildman–Crippen MR) is 88.5 cm³/mol. The topological polar surface area (TPSA) is 32.3 Å². The number of piperazine rings is 1. The van der Waals surface area contributed by atoms with Crippen molar-refractivity contribution >= 4 is 17.5 Å². The van der Waals surface area contributed by atoms with E-state index in [1.54, 1.807) is 30.3 Å². The largest absolute Gasteiger partial charge is 0.417 e. The molecule has 0 spiro atoms. The third kappa shape index (κ3) is 2.60. The van der Waals surface area contributed by atoms with Crippen LogP contribution in [-0.4, -0.2) is 30.4 Å². The number of carbonyl (C=O) groups excluding carboxylic acids is 1. The molecule has 0 radical (unpaired) electrons. The summed E-state index contributed by atoms with van der Waals surface area (Å²) in [7, 11) is 0. The number of hydrogen-bond acceptors (Lipinski definition) is 2. The number of fused-ring (bicyclic) bond motifs is 3. The molecule has 0 bridgehead atoms. The number of alkyl halides is 3. The van der Waals surface area contributed by atoms with E-state index in [1.807, 2.05) is 0 Å². The van der Waals surface area contributed by atoms with E-state index < -0.39 is 17.6 Å². The minimum absolute atomic E-state index is 0.225. The molecule has 1 saturated heterocycles. The van der Waals surface area contributed by atoms with E-state index in [4.69, 9.17) is 11.6 Å². The standard InChI is InChI=1S/C18H14ClF3N2O/c19-14-4-2-1-3-11(14)10-7-12-15-9-23-5-6-24(15)17(25)16(12)13(8-10)18(20,21)22/h1-4,7-8,15,23H,5-6,9H2/t15-/m0/s1. The summed E-state index contributed by atoms with van der Waals surface area (Å²) in [4.78, 5) is 14.1. The molecular weight excluding hydrogens is 353 g/mol. The van der Waals surface area contributed by atoms with Gasteiger partial charge in [0.25, 0.3) is 5.91 Å². The molecular formula is C18H14ClF3N2O. The molecule has 2 aromatic carbocycles. The molecule has 3 nitrogen and oxygen atoms in total. The van der Waals surface area contributed by atoms with E-state index in [2.05, 4.69) is 5.32 Å². The van der Waals surface area contributed by atoms with Gasteiger partial charge in [0.1, 0.15) is 0 Å². The summed E-state index contributed by atoms with van der Waals surface area (Å²) in [6, 6.07) is 9.08. The van der Waals surface area contributed by atoms with Gasteiger partial charge in [-0.15, -0.1) is 0 Å². The summed E-state index contributed by atoms with van der Waals surface area (Å²) in [5.74, 6) is -0.542. The summed E-state index contributed by atoms with van der Waals surface area (Å²) in [5.41, 5.74) is 0.197. The van der Waals surface area contributed by atoms with Crippen LogP contribution in [0.25, 0.3) is 11.1 Å². The lowest BCUT2D eigenvalue weighted by Gasteiger charge is -2.30. The van der Waals surface area contributed by atoms with Crippen molar-refractivity contribution in [1.82, 2.24) is 10.2 Å². The first kappa shape index (κ1) is 16.4. The molecule has 0 saturated carbocycles. The Balaban J connectivity index is 1.97. The molecule has 1 fully saturated rings. The maximum atomic E-state index is 13.7. The molecule has 0 aliphatic carbocycles. The summed E-state index contributed by atoms with van der Waals surface area (Å²) in [6.45, 7) is 1.42. The summed E-state index contributed by atoms with van der Waals surface area (Å²) in [6.07, 6.45) is -4.61. The van der Waals surface area contributed by atoms with E-state index in [9.17, 15) is 18.0 Å². The average Bonchev–Trinajstić information content (AvgIpc) is 2.87. The molecule has 25 heavy (non-hydrogen) atoms. The van der Waals surface area contributed by atoms with E-state index >= 15 is 0 Å². The van der Waals surface area contributed by atoms with Crippen LogP contribution in [0.3, 0.4) is 0 Å². The van der Waals surface area contributed by atoms with E-state index in [0.29, 0.717) is 41.3 Å². The first-order valence-corrected chi connectivity index (χ1v) is 8.27. The van der Waals surface area contributed by atoms with Crippen molar-refractivity contribution < 1.29 is 18.0 Å². The molecule has 2 aromatic rings. The highest BCUT2D eigenvalue weighted by atomic mass is 35.5. The minimum atomic E-state index is -4.61. The highest BCUT2D eigenvalue weighted by Gasteiger charge is 2.45. The first-order valence-electron chi connectivity index (χ1n) is 7.89. The lowest BCUT2D eigenvalue weighted by molar-refractivity contribution is -0.137. The van der Waals surface area contributed by atoms with Crippen LogP contribution in [0, 0.1) is 0 Å². The van der Waals surface area contributed by atoms with Gasteiger partial charge in [-0.3, -0.25) is 4.79 Å². The molecule has 2 heterocycles. The van der Waals surface area contributed by atoms with Crippen LogP contribution in [0.1, 0.15) is 27.5 Å². The molecule has 1 atom stereocenters. The molecule has 2 aliphatic rings. The second-order valence-electron chi connectivity index (χ2n) is 6.18. The van der Waals surface area contributed by atoms with Crippen LogP contribution in [0.4, 0.5) is 13.2 Å². The Morgan fingerprint density at radius 2 is 1.96 bits per heavy atom. The SMILES string of the molecule is O=C1c2c(cc(-c3ccccc3Cl)cc2C(F)(F)F)[C@@H]2CNCCN12. The number of hydrogen-bond donors (Lipinski definition) is 1. The van der Waals surface area contributed by atoms with Gasteiger partial charge in [0, 0.05) is 30.2 Å². The fraction of sp³-hybridized carbons (Fsp3) is 0.278. The van der Waals surface area contributed by atoms with Crippen molar-refractivity contribution in [2.24, 2.45) is 0 Å². The van der Waals surface area contributed by atoms with Gasteiger partial charge in [-0.25, -0.2) is 0 Å². The Morgan fingerprint density at radius 3 is 2.68 bits per heavy atom. The van der Waals surface area contributed by atoms with Crippen molar-refractivity contribution in [3.8, 4) is 11.1 Å². The van der Waals surface area contributed by atoms with E-state index in [0.717, 1.165) is 6.07 Å². The summed E-state index contributed by atoms with van der Waals surface area (Å²) < 4.78 is 41.0. The Morgan fingerprint density at radius 1 is 1.20 bits per heavy atom. The lowest BCUT2D eigenvalue weighted by Crippen LogP contribution is -2.44. The molecule has 0 unspecified atom stereocenters. The third-order valence-electron chi connectivity index (χ3n) is 4.74. The second-order valence-corrected chi connectivity index (χ2v) is 6.59. The molecule has 4 rings (SSSR count). The number of nitrogens with one attached hydrogen (secondary N) is 1. The Bertz CT molecular complexity index is 866. The Kier molecular flexibility index (Phi) is 3.77. The normalized spacial score (nSPS) is 19.8. The molecule has 1 amide bonds. The van der Waals surface area contributed by atoms with E-state index in [-0.39, 0.29) is 11.6 Å². The number of amides is 1. The second kappa shape index (κ2) is 5.75. The molecule has 7 heteroatoms. The third-order valence-corrected chi connectivity index (χ3v) is 5.07. The molecule has 0 aromatic heterocycles. The van der Waals surface area contributed by atoms with Crippen molar-refractivity contribution in [1.29, 1.82) is 0 Å². The summed E-state index contributed by atoms with van der Waals surface area (Å²) in [5, 5.41) is 3.52. The summed E-state index contributed by atoms with van der Waals surface area (Å²) >= 11 is 6.17. The van der Waals surface area contributed by atoms with Gasteiger partial charge < -0.3 is 10.2 Å². The van der Waals surface area contributed by atoms with Crippen molar-refractivity contribution in [2.75, 3.05) is 19.6 Å². The highest BCUT2D eigenvalue weighted by molar-refractivity contribution is 6.33. The smallest absolute Gasteiger partial charge is 0.329 e. The number of rotatable bonds is 1. The van der Waals surface area contributed by atoms with Crippen molar-refractivity contribution in [3.63, 3.8) is 0 Å². The maximum Gasteiger partial charge on any atom is 0.417 e. The Labute approximate surface area is 147 Å². The van der Waals surface area contributed by atoms with Crippen molar-refractivity contribution in [3.05, 3.63) is 58.1 Å². The van der Waals surface area contributed by atoms with Gasteiger partial charge >= 0.3 is 6.18 Å². The highest BCUT2D eigenvalue weighted by Crippen LogP contribution is 2.45. The van der Waals surface area contributed by atoms with Gasteiger partial charge in [-0.05, 0) is 29.3 Å². The zero-order chi connectivity index (χ0) is 17.8. The fourth-order valence-corrected chi connectivity index (χ4v) is 3.85. The van der Waals surface area contributed by atoms with Gasteiger partial charge in [-0.1, -0.05) is 29.8 Å². The predicted octanol–water partition coefficient (Wildman–Crippen LogP) is 4.13.